The fraction of sp³-hybridized carbons (Fsp3) is 0.300. The molecule has 2 amide bonds. The van der Waals surface area contributed by atoms with E-state index in [0.29, 0.717) is 36.9 Å². The van der Waals surface area contributed by atoms with Gasteiger partial charge in [-0.2, -0.15) is 0 Å². The number of nitrogens with one attached hydrogen (secondary N) is 1. The van der Waals surface area contributed by atoms with E-state index in [0.717, 1.165) is 35.7 Å². The van der Waals surface area contributed by atoms with Gasteiger partial charge in [0.1, 0.15) is 11.5 Å². The summed E-state index contributed by atoms with van der Waals surface area (Å²) in [7, 11) is 0. The van der Waals surface area contributed by atoms with Crippen molar-refractivity contribution in [1.82, 2.24) is 5.32 Å². The maximum absolute atomic E-state index is 13.5. The van der Waals surface area contributed by atoms with Crippen LogP contribution in [0, 0.1) is 0 Å². The number of benzene rings is 3. The third-order valence-electron chi connectivity index (χ3n) is 5.93. The molecule has 1 aliphatic heterocycles. The normalized spacial score (nSPS) is 16.1. The van der Waals surface area contributed by atoms with Gasteiger partial charge < -0.3 is 14.8 Å². The van der Waals surface area contributed by atoms with Crippen LogP contribution >= 0.6 is 11.8 Å². The van der Waals surface area contributed by atoms with Crippen LogP contribution in [0.4, 0.5) is 11.4 Å². The molecular formula is C30H33N3O4S. The second kappa shape index (κ2) is 13.7. The topological polar surface area (TPSA) is 80.2 Å². The molecule has 1 saturated heterocycles. The molecular weight excluding hydrogens is 498 g/mol. The van der Waals surface area contributed by atoms with Gasteiger partial charge in [0.25, 0.3) is 5.91 Å². The van der Waals surface area contributed by atoms with Gasteiger partial charge in [-0.15, -0.1) is 0 Å². The summed E-state index contributed by atoms with van der Waals surface area (Å²) in [5.74, 6) is 1.47. The van der Waals surface area contributed by atoms with Gasteiger partial charge in [-0.25, -0.2) is 4.99 Å². The van der Waals surface area contributed by atoms with Crippen LogP contribution in [0.5, 0.6) is 11.5 Å². The van der Waals surface area contributed by atoms with E-state index in [2.05, 4.69) is 5.32 Å². The fourth-order valence-corrected chi connectivity index (χ4v) is 5.27. The lowest BCUT2D eigenvalue weighted by Crippen LogP contribution is -2.32. The second-order valence-corrected chi connectivity index (χ2v) is 9.82. The van der Waals surface area contributed by atoms with E-state index in [-0.39, 0.29) is 17.1 Å². The lowest BCUT2D eigenvalue weighted by molar-refractivity contribution is -0.117. The predicted molar refractivity (Wildman–Crippen MR) is 154 cm³/mol. The number of unbranched alkanes of at least 4 members (excludes halogenated alkanes) is 1. The Morgan fingerprint density at radius 1 is 0.895 bits per heavy atom. The molecule has 7 nitrogen and oxygen atoms in total. The number of ether oxygens (including phenoxy) is 2. The summed E-state index contributed by atoms with van der Waals surface area (Å²) in [6, 6.07) is 24.2. The summed E-state index contributed by atoms with van der Waals surface area (Å²) < 4.78 is 11.1. The average molecular weight is 532 g/mol. The minimum Gasteiger partial charge on any atom is -0.494 e. The maximum atomic E-state index is 13.5. The molecule has 8 heteroatoms. The minimum absolute atomic E-state index is 0.0113. The maximum Gasteiger partial charge on any atom is 0.251 e. The standard InChI is InChI=1S/C30H33N3O4S/c1-3-36-25-17-13-23(14-18-25)32-30-33(24-15-19-26(20-16-24)37-4-2)29(35)27(38-30)12-8-9-21-31-28(34)22-10-6-5-7-11-22/h5-7,10-11,13-20,27H,3-4,8-9,12,21H2,1-2H3,(H,31,34). The molecule has 1 atom stereocenters. The summed E-state index contributed by atoms with van der Waals surface area (Å²) in [5.41, 5.74) is 2.16. The van der Waals surface area contributed by atoms with E-state index in [1.165, 1.54) is 11.8 Å². The van der Waals surface area contributed by atoms with E-state index in [1.807, 2.05) is 80.6 Å². The lowest BCUT2D eigenvalue weighted by atomic mass is 10.1. The molecule has 0 aliphatic carbocycles. The van der Waals surface area contributed by atoms with Crippen molar-refractivity contribution in [3.63, 3.8) is 0 Å². The molecule has 0 saturated carbocycles. The SMILES string of the molecule is CCOc1ccc(N=C2SC(CCCCNC(=O)c3ccccc3)C(=O)N2c2ccc(OCC)cc2)cc1. The third-order valence-corrected chi connectivity index (χ3v) is 7.13. The van der Waals surface area contributed by atoms with E-state index in [9.17, 15) is 9.59 Å². The van der Waals surface area contributed by atoms with Crippen molar-refractivity contribution in [2.75, 3.05) is 24.7 Å². The number of hydrogen-bond donors (Lipinski definition) is 1. The van der Waals surface area contributed by atoms with E-state index >= 15 is 0 Å². The quantitative estimate of drug-likeness (QED) is 0.281. The highest BCUT2D eigenvalue weighted by atomic mass is 32.2. The summed E-state index contributed by atoms with van der Waals surface area (Å²) in [4.78, 5) is 32.3. The minimum atomic E-state index is -0.243. The molecule has 1 fully saturated rings. The first-order chi connectivity index (χ1) is 18.6. The Morgan fingerprint density at radius 2 is 1.53 bits per heavy atom. The Hall–Kier alpha value is -3.78. The number of hydrogen-bond acceptors (Lipinski definition) is 6. The number of carbonyl (C=O) groups excluding carboxylic acids is 2. The number of rotatable bonds is 12. The predicted octanol–water partition coefficient (Wildman–Crippen LogP) is 6.22. The Bertz CT molecular complexity index is 1230. The first-order valence-electron chi connectivity index (χ1n) is 13.0. The monoisotopic (exact) mass is 531 g/mol. The molecule has 198 valence electrons. The van der Waals surface area contributed by atoms with Crippen molar-refractivity contribution in [1.29, 1.82) is 0 Å². The van der Waals surface area contributed by atoms with Gasteiger partial charge in [0.2, 0.25) is 5.91 Å². The molecule has 1 N–H and O–H groups in total. The van der Waals surface area contributed by atoms with Gasteiger partial charge in [-0.05, 0) is 87.4 Å². The number of amidine groups is 1. The largest absolute Gasteiger partial charge is 0.494 e. The molecule has 0 aromatic heterocycles. The summed E-state index contributed by atoms with van der Waals surface area (Å²) in [6.45, 7) is 5.63. The zero-order valence-electron chi connectivity index (χ0n) is 21.8. The van der Waals surface area contributed by atoms with Gasteiger partial charge in [0, 0.05) is 12.1 Å². The summed E-state index contributed by atoms with van der Waals surface area (Å²) in [6.07, 6.45) is 2.30. The highest BCUT2D eigenvalue weighted by Crippen LogP contribution is 2.36. The second-order valence-electron chi connectivity index (χ2n) is 8.65. The van der Waals surface area contributed by atoms with Crippen LogP contribution in [-0.2, 0) is 4.79 Å². The van der Waals surface area contributed by atoms with Crippen molar-refractivity contribution in [3.05, 3.63) is 84.4 Å². The molecule has 4 rings (SSSR count). The Kier molecular flexibility index (Phi) is 9.81. The smallest absolute Gasteiger partial charge is 0.251 e. The molecule has 38 heavy (non-hydrogen) atoms. The van der Waals surface area contributed by atoms with Gasteiger partial charge in [0.05, 0.1) is 29.8 Å². The third kappa shape index (κ3) is 7.16. The molecule has 1 heterocycles. The number of aliphatic imine (C=N–C) groups is 1. The number of thioether (sulfide) groups is 1. The van der Waals surface area contributed by atoms with Crippen molar-refractivity contribution in [3.8, 4) is 11.5 Å². The summed E-state index contributed by atoms with van der Waals surface area (Å²) >= 11 is 1.48. The van der Waals surface area contributed by atoms with Crippen LogP contribution in [0.1, 0.15) is 43.5 Å². The molecule has 0 spiro atoms. The van der Waals surface area contributed by atoms with Gasteiger partial charge >= 0.3 is 0 Å². The highest BCUT2D eigenvalue weighted by Gasteiger charge is 2.38. The van der Waals surface area contributed by atoms with Crippen molar-refractivity contribution in [2.45, 2.75) is 38.4 Å². The molecule has 1 unspecified atom stereocenters. The van der Waals surface area contributed by atoms with Gasteiger partial charge in [-0.3, -0.25) is 14.5 Å². The lowest BCUT2D eigenvalue weighted by Gasteiger charge is -2.17. The Balaban J connectivity index is 1.42. The van der Waals surface area contributed by atoms with Crippen LogP contribution in [-0.4, -0.2) is 42.0 Å². The van der Waals surface area contributed by atoms with Gasteiger partial charge in [0.15, 0.2) is 5.17 Å². The molecule has 0 bridgehead atoms. The number of carbonyl (C=O) groups is 2. The van der Waals surface area contributed by atoms with E-state index in [1.54, 1.807) is 17.0 Å². The van der Waals surface area contributed by atoms with E-state index in [4.69, 9.17) is 14.5 Å². The van der Waals surface area contributed by atoms with Gasteiger partial charge in [-0.1, -0.05) is 36.4 Å². The molecule has 3 aromatic carbocycles. The number of amides is 2. The zero-order chi connectivity index (χ0) is 26.7. The molecule has 1 aliphatic rings. The van der Waals surface area contributed by atoms with Crippen molar-refractivity contribution >= 4 is 40.1 Å². The van der Waals surface area contributed by atoms with E-state index < -0.39 is 0 Å². The fourth-order valence-electron chi connectivity index (χ4n) is 4.07. The Labute approximate surface area is 228 Å². The first-order valence-corrected chi connectivity index (χ1v) is 13.8. The molecule has 0 radical (unpaired) electrons. The highest BCUT2D eigenvalue weighted by molar-refractivity contribution is 8.16. The molecule has 3 aromatic rings. The average Bonchev–Trinajstić information content (AvgIpc) is 3.25. The van der Waals surface area contributed by atoms with Crippen LogP contribution < -0.4 is 19.7 Å². The van der Waals surface area contributed by atoms with Crippen LogP contribution in [0.15, 0.2) is 83.9 Å². The zero-order valence-corrected chi connectivity index (χ0v) is 22.6. The Morgan fingerprint density at radius 3 is 2.16 bits per heavy atom. The first kappa shape index (κ1) is 27.3. The van der Waals surface area contributed by atoms with Crippen molar-refractivity contribution in [2.24, 2.45) is 4.99 Å². The van der Waals surface area contributed by atoms with Crippen LogP contribution in [0.3, 0.4) is 0 Å². The van der Waals surface area contributed by atoms with Crippen LogP contribution in [0.25, 0.3) is 0 Å². The van der Waals surface area contributed by atoms with Crippen LogP contribution in [0.2, 0.25) is 0 Å². The summed E-state index contributed by atoms with van der Waals surface area (Å²) in [5, 5.41) is 3.36. The number of anilines is 1. The number of nitrogens with zero attached hydrogens (tertiary/aromatic N) is 2. The van der Waals surface area contributed by atoms with Crippen molar-refractivity contribution < 1.29 is 19.1 Å².